The van der Waals surface area contributed by atoms with Crippen LogP contribution in [0.1, 0.15) is 33.2 Å². The highest BCUT2D eigenvalue weighted by Crippen LogP contribution is 2.47. The molecule has 1 aromatic carbocycles. The molecule has 1 aliphatic rings. The third-order valence-electron chi connectivity index (χ3n) is 6.18. The molecule has 4 atom stereocenters. The SMILES string of the molecule is COc1nc(N)nc2c1ncn2[C@H]1C=C[C@@H](COP(=O)(N[C@@H](C)C(=O)OC(C)C)Oc2cccc(N(C)C)c2)C1. The van der Waals surface area contributed by atoms with Gasteiger partial charge in [0.25, 0.3) is 0 Å². The van der Waals surface area contributed by atoms with Crippen LogP contribution in [-0.2, 0) is 18.6 Å². The van der Waals surface area contributed by atoms with Gasteiger partial charge in [-0.05, 0) is 39.3 Å². The molecule has 1 unspecified atom stereocenters. The molecule has 2 heterocycles. The van der Waals surface area contributed by atoms with Crippen LogP contribution in [-0.4, -0.2) is 65.4 Å². The number of nitrogens with zero attached hydrogens (tertiary/aromatic N) is 5. The first kappa shape index (κ1) is 29.3. The van der Waals surface area contributed by atoms with Crippen molar-refractivity contribution in [2.45, 2.75) is 45.4 Å². The Balaban J connectivity index is 1.49. The Morgan fingerprint density at radius 2 is 2.02 bits per heavy atom. The van der Waals surface area contributed by atoms with Crippen LogP contribution >= 0.6 is 7.75 Å². The standard InChI is InChI=1S/C26H36N7O6P/c1-16(2)38-25(34)17(3)31-40(35,39-21-9-7-8-19(13-21)32(4)5)37-14-18-10-11-20(12-18)33-15-28-22-23(33)29-26(27)30-24(22)36-6/h7-11,13,15-18,20H,12,14H2,1-6H3,(H,31,35)(H2,27,29,30)/t17-,18+,20-,40?/m0/s1. The summed E-state index contributed by atoms with van der Waals surface area (Å²) in [6, 6.07) is 6.07. The second-order valence-electron chi connectivity index (χ2n) is 9.98. The van der Waals surface area contributed by atoms with Crippen LogP contribution < -0.4 is 25.0 Å². The highest BCUT2D eigenvalue weighted by molar-refractivity contribution is 7.52. The molecule has 40 heavy (non-hydrogen) atoms. The molecule has 0 aliphatic heterocycles. The maximum atomic E-state index is 14.0. The molecule has 0 saturated heterocycles. The summed E-state index contributed by atoms with van der Waals surface area (Å²) in [5, 5.41) is 2.74. The van der Waals surface area contributed by atoms with Gasteiger partial charge in [0, 0.05) is 31.8 Å². The third kappa shape index (κ3) is 6.90. The summed E-state index contributed by atoms with van der Waals surface area (Å²) in [5.41, 5.74) is 7.77. The molecule has 0 bridgehead atoms. The van der Waals surface area contributed by atoms with Crippen LogP contribution in [0.3, 0.4) is 0 Å². The molecule has 0 radical (unpaired) electrons. The zero-order valence-corrected chi connectivity index (χ0v) is 24.4. The van der Waals surface area contributed by atoms with E-state index >= 15 is 0 Å². The minimum absolute atomic E-state index is 0.0731. The molecule has 0 amide bonds. The number of rotatable bonds is 12. The molecule has 3 N–H and O–H groups in total. The van der Waals surface area contributed by atoms with E-state index in [4.69, 9.17) is 24.3 Å². The van der Waals surface area contributed by atoms with E-state index in [2.05, 4.69) is 20.0 Å². The molecule has 216 valence electrons. The van der Waals surface area contributed by atoms with Crippen LogP contribution in [0, 0.1) is 5.92 Å². The monoisotopic (exact) mass is 573 g/mol. The van der Waals surface area contributed by atoms with E-state index in [0.717, 1.165) is 5.69 Å². The van der Waals surface area contributed by atoms with Crippen molar-refractivity contribution in [3.63, 3.8) is 0 Å². The van der Waals surface area contributed by atoms with Gasteiger partial charge < -0.3 is 29.2 Å². The van der Waals surface area contributed by atoms with E-state index in [0.29, 0.717) is 29.2 Å². The summed E-state index contributed by atoms with van der Waals surface area (Å²) >= 11 is 0. The van der Waals surface area contributed by atoms with Crippen molar-refractivity contribution in [2.24, 2.45) is 5.92 Å². The summed E-state index contributed by atoms with van der Waals surface area (Å²) < 4.78 is 38.2. The third-order valence-corrected chi connectivity index (χ3v) is 7.83. The van der Waals surface area contributed by atoms with Gasteiger partial charge in [-0.2, -0.15) is 15.1 Å². The lowest BCUT2D eigenvalue weighted by atomic mass is 10.1. The largest absolute Gasteiger partial charge is 0.479 e. The molecule has 0 saturated carbocycles. The summed E-state index contributed by atoms with van der Waals surface area (Å²) in [7, 11) is 1.27. The first-order chi connectivity index (χ1) is 19.0. The summed E-state index contributed by atoms with van der Waals surface area (Å²) in [5.74, 6) is 0.0564. The highest BCUT2D eigenvalue weighted by atomic mass is 31.2. The fourth-order valence-electron chi connectivity index (χ4n) is 4.24. The zero-order chi connectivity index (χ0) is 29.0. The van der Waals surface area contributed by atoms with Crippen molar-refractivity contribution in [1.29, 1.82) is 0 Å². The Hall–Kier alpha value is -3.67. The lowest BCUT2D eigenvalue weighted by Gasteiger charge is -2.25. The van der Waals surface area contributed by atoms with Crippen molar-refractivity contribution >= 4 is 36.5 Å². The van der Waals surface area contributed by atoms with Gasteiger partial charge in [0.15, 0.2) is 11.2 Å². The fourth-order valence-corrected chi connectivity index (χ4v) is 5.78. The number of carbonyl (C=O) groups excluding carboxylic acids is 1. The Labute approximate surface area is 233 Å². The van der Waals surface area contributed by atoms with Crippen LogP contribution in [0.4, 0.5) is 11.6 Å². The number of fused-ring (bicyclic) bond motifs is 1. The molecule has 0 spiro atoms. The minimum Gasteiger partial charge on any atom is -0.479 e. The van der Waals surface area contributed by atoms with Gasteiger partial charge in [0.05, 0.1) is 32.2 Å². The van der Waals surface area contributed by atoms with Crippen molar-refractivity contribution in [3.05, 3.63) is 42.7 Å². The number of methoxy groups -OCH3 is 1. The molecule has 2 aromatic heterocycles. The molecular formula is C26H36N7O6P. The van der Waals surface area contributed by atoms with Gasteiger partial charge in [-0.25, -0.2) is 9.55 Å². The predicted octanol–water partition coefficient (Wildman–Crippen LogP) is 3.73. The van der Waals surface area contributed by atoms with Gasteiger partial charge in [-0.3, -0.25) is 9.32 Å². The van der Waals surface area contributed by atoms with E-state index in [1.54, 1.807) is 45.3 Å². The summed E-state index contributed by atoms with van der Waals surface area (Å²) in [4.78, 5) is 27.2. The first-order valence-corrected chi connectivity index (χ1v) is 14.4. The highest BCUT2D eigenvalue weighted by Gasteiger charge is 2.34. The first-order valence-electron chi connectivity index (χ1n) is 12.9. The van der Waals surface area contributed by atoms with E-state index < -0.39 is 19.8 Å². The summed E-state index contributed by atoms with van der Waals surface area (Å²) in [6.07, 6.45) is 5.94. The fraction of sp³-hybridized carbons (Fsp3) is 0.462. The van der Waals surface area contributed by atoms with Gasteiger partial charge in [0.2, 0.25) is 11.8 Å². The Morgan fingerprint density at radius 1 is 1.25 bits per heavy atom. The minimum atomic E-state index is -4.01. The summed E-state index contributed by atoms with van der Waals surface area (Å²) in [6.45, 7) is 5.11. The number of benzene rings is 1. The normalized spacial score (nSPS) is 19.0. The number of carbonyl (C=O) groups is 1. The lowest BCUT2D eigenvalue weighted by molar-refractivity contribution is -0.149. The number of anilines is 2. The van der Waals surface area contributed by atoms with Crippen LogP contribution in [0.25, 0.3) is 11.2 Å². The number of nitrogens with two attached hydrogens (primary N) is 1. The lowest BCUT2D eigenvalue weighted by Crippen LogP contribution is -2.36. The topological polar surface area (TPSA) is 156 Å². The maximum Gasteiger partial charge on any atom is 0.459 e. The van der Waals surface area contributed by atoms with Gasteiger partial charge in [-0.15, -0.1) is 0 Å². The predicted molar refractivity (Wildman–Crippen MR) is 151 cm³/mol. The number of imidazole rings is 1. The Morgan fingerprint density at radius 3 is 2.73 bits per heavy atom. The average molecular weight is 574 g/mol. The number of nitrogen functional groups attached to an aromatic ring is 1. The molecular weight excluding hydrogens is 537 g/mol. The molecule has 4 rings (SSSR count). The number of hydrogen-bond donors (Lipinski definition) is 2. The van der Waals surface area contributed by atoms with E-state index in [9.17, 15) is 9.36 Å². The quantitative estimate of drug-likeness (QED) is 0.184. The number of ether oxygens (including phenoxy) is 2. The van der Waals surface area contributed by atoms with E-state index in [-0.39, 0.29) is 30.6 Å². The number of allylic oxidation sites excluding steroid dienone is 1. The van der Waals surface area contributed by atoms with Crippen molar-refractivity contribution in [3.8, 4) is 11.6 Å². The molecule has 3 aromatic rings. The number of nitrogens with one attached hydrogen (secondary N) is 1. The number of aromatic nitrogens is 4. The van der Waals surface area contributed by atoms with Crippen LogP contribution in [0.5, 0.6) is 11.6 Å². The van der Waals surface area contributed by atoms with Gasteiger partial charge in [0.1, 0.15) is 11.8 Å². The average Bonchev–Trinajstić information content (AvgIpc) is 3.53. The van der Waals surface area contributed by atoms with Crippen molar-refractivity contribution in [2.75, 3.05) is 38.4 Å². The number of esters is 1. The molecule has 14 heteroatoms. The van der Waals surface area contributed by atoms with E-state index in [1.165, 1.54) is 7.11 Å². The van der Waals surface area contributed by atoms with Gasteiger partial charge >= 0.3 is 13.7 Å². The van der Waals surface area contributed by atoms with Crippen molar-refractivity contribution < 1.29 is 27.9 Å². The molecule has 0 fully saturated rings. The van der Waals surface area contributed by atoms with Crippen LogP contribution in [0.2, 0.25) is 0 Å². The van der Waals surface area contributed by atoms with Crippen molar-refractivity contribution in [1.82, 2.24) is 24.6 Å². The molecule has 1 aliphatic carbocycles. The second-order valence-corrected chi connectivity index (χ2v) is 11.7. The van der Waals surface area contributed by atoms with Crippen LogP contribution in [0.15, 0.2) is 42.7 Å². The molecule has 13 nitrogen and oxygen atoms in total. The van der Waals surface area contributed by atoms with Gasteiger partial charge in [-0.1, -0.05) is 18.2 Å². The smallest absolute Gasteiger partial charge is 0.459 e. The zero-order valence-electron chi connectivity index (χ0n) is 23.5. The number of hydrogen-bond acceptors (Lipinski definition) is 11. The van der Waals surface area contributed by atoms with E-state index in [1.807, 2.05) is 41.8 Å². The maximum absolute atomic E-state index is 14.0. The Bertz CT molecular complexity index is 1430. The Kier molecular flexibility index (Phi) is 8.97. The second kappa shape index (κ2) is 12.2.